The molecule has 0 radical (unpaired) electrons. The number of ether oxygens (including phenoxy) is 2. The fraction of sp³-hybridized carbons (Fsp3) is 0.429. The van der Waals surface area contributed by atoms with E-state index in [0.717, 1.165) is 30.4 Å². The number of phenolic OH excluding ortho intramolecular Hbond substituents is 1. The number of hydrogen-bond donors (Lipinski definition) is 2. The first-order chi connectivity index (χ1) is 19.4. The topological polar surface area (TPSA) is 137 Å². The lowest BCUT2D eigenvalue weighted by atomic mass is 9.77. The largest absolute Gasteiger partial charge is 0.507 e. The fourth-order valence-corrected chi connectivity index (χ4v) is 6.55. The van der Waals surface area contributed by atoms with Crippen molar-refractivity contribution in [1.29, 1.82) is 5.26 Å². The molecule has 3 saturated heterocycles. The number of nitrogens with zero attached hydrogens (tertiary/aromatic N) is 5. The van der Waals surface area contributed by atoms with Crippen LogP contribution in [0.2, 0.25) is 5.02 Å². The van der Waals surface area contributed by atoms with Crippen molar-refractivity contribution in [2.24, 2.45) is 21.6 Å². The molecule has 0 aliphatic carbocycles. The SMILES string of the molecule is N#CCC(N)=N/C=N/C(=O)N1CC2CCN3Cc4cc(C5COC5)c(-c5c(O)cccc5F)c(Cl)c4OCC3C21. The van der Waals surface area contributed by atoms with Crippen molar-refractivity contribution in [1.82, 2.24) is 9.80 Å². The highest BCUT2D eigenvalue weighted by Crippen LogP contribution is 2.49. The molecule has 4 heterocycles. The van der Waals surface area contributed by atoms with Crippen LogP contribution < -0.4 is 10.5 Å². The maximum atomic E-state index is 15.1. The summed E-state index contributed by atoms with van der Waals surface area (Å²) in [6.07, 6.45) is 1.98. The van der Waals surface area contributed by atoms with Crippen LogP contribution in [-0.2, 0) is 11.3 Å². The van der Waals surface area contributed by atoms with Crippen LogP contribution in [0.25, 0.3) is 11.1 Å². The number of benzene rings is 2. The van der Waals surface area contributed by atoms with Gasteiger partial charge in [0.15, 0.2) is 0 Å². The highest BCUT2D eigenvalue weighted by molar-refractivity contribution is 6.35. The molecule has 3 atom stereocenters. The Labute approximate surface area is 235 Å². The van der Waals surface area contributed by atoms with Crippen molar-refractivity contribution in [3.05, 3.63) is 46.2 Å². The van der Waals surface area contributed by atoms with Gasteiger partial charge in [-0.25, -0.2) is 14.2 Å². The van der Waals surface area contributed by atoms with Crippen LogP contribution >= 0.6 is 11.6 Å². The first kappa shape index (κ1) is 26.5. The summed E-state index contributed by atoms with van der Waals surface area (Å²) >= 11 is 6.98. The molecule has 208 valence electrons. The van der Waals surface area contributed by atoms with Gasteiger partial charge in [0.1, 0.15) is 36.1 Å². The second-order valence-corrected chi connectivity index (χ2v) is 10.9. The number of urea groups is 1. The number of aromatic hydroxyl groups is 1. The van der Waals surface area contributed by atoms with Crippen LogP contribution in [0.3, 0.4) is 0 Å². The molecular formula is C28H28ClFN6O4. The fourth-order valence-electron chi connectivity index (χ4n) is 6.17. The van der Waals surface area contributed by atoms with Gasteiger partial charge in [-0.3, -0.25) is 4.90 Å². The third-order valence-corrected chi connectivity index (χ3v) is 8.60. The number of nitriles is 1. The Hall–Kier alpha value is -3.72. The summed E-state index contributed by atoms with van der Waals surface area (Å²) in [5.41, 5.74) is 7.77. The number of amides is 2. The van der Waals surface area contributed by atoms with Crippen LogP contribution in [0.4, 0.5) is 9.18 Å². The molecule has 0 spiro atoms. The van der Waals surface area contributed by atoms with Crippen molar-refractivity contribution in [2.45, 2.75) is 37.4 Å². The molecule has 3 N–H and O–H groups in total. The van der Waals surface area contributed by atoms with Gasteiger partial charge in [-0.1, -0.05) is 17.7 Å². The van der Waals surface area contributed by atoms with E-state index in [0.29, 0.717) is 43.5 Å². The average molecular weight is 567 g/mol. The molecule has 3 unspecified atom stereocenters. The van der Waals surface area contributed by atoms with Gasteiger partial charge >= 0.3 is 6.03 Å². The third-order valence-electron chi connectivity index (χ3n) is 8.24. The number of nitrogens with two attached hydrogens (primary N) is 1. The molecule has 12 heteroatoms. The first-order valence-corrected chi connectivity index (χ1v) is 13.5. The molecule has 10 nitrogen and oxygen atoms in total. The van der Waals surface area contributed by atoms with Crippen molar-refractivity contribution in [2.75, 3.05) is 32.9 Å². The molecule has 4 aliphatic rings. The van der Waals surface area contributed by atoms with Gasteiger partial charge in [-0.15, -0.1) is 0 Å². The summed E-state index contributed by atoms with van der Waals surface area (Å²) in [5, 5.41) is 19.6. The Bertz CT molecular complexity index is 1430. The van der Waals surface area contributed by atoms with Gasteiger partial charge in [-0.05, 0) is 42.6 Å². The summed E-state index contributed by atoms with van der Waals surface area (Å²) in [4.78, 5) is 24.7. The number of phenols is 1. The standard InChI is InChI=1S/C28H28ClFN6O4/c29-25-23(24-19(30)2-1-3-21(24)37)18(17-11-39-12-17)8-16-9-35-7-5-15-10-36(26(15)20(35)13-40-27(16)25)28(38)34-14-33-22(32)4-6-31/h1-3,8,14-15,17,20,26,37H,4-5,7,9-13H2,(H2,32,33,34,38). The first-order valence-electron chi connectivity index (χ1n) is 13.2. The molecule has 40 heavy (non-hydrogen) atoms. The van der Waals surface area contributed by atoms with Gasteiger partial charge in [-0.2, -0.15) is 10.3 Å². The zero-order valence-corrected chi connectivity index (χ0v) is 22.4. The number of likely N-dealkylation sites (tertiary alicyclic amines) is 1. The summed E-state index contributed by atoms with van der Waals surface area (Å²) < 4.78 is 26.8. The van der Waals surface area contributed by atoms with Gasteiger partial charge in [0.25, 0.3) is 0 Å². The predicted octanol–water partition coefficient (Wildman–Crippen LogP) is 3.65. The normalized spacial score (nSPS) is 24.6. The van der Waals surface area contributed by atoms with E-state index in [9.17, 15) is 9.90 Å². The van der Waals surface area contributed by atoms with E-state index in [1.54, 1.807) is 4.90 Å². The minimum absolute atomic E-state index is 0.0176. The molecule has 2 aromatic carbocycles. The summed E-state index contributed by atoms with van der Waals surface area (Å²) in [6, 6.07) is 7.48. The van der Waals surface area contributed by atoms with E-state index >= 15 is 4.39 Å². The summed E-state index contributed by atoms with van der Waals surface area (Å²) in [7, 11) is 0. The lowest BCUT2D eigenvalue weighted by molar-refractivity contribution is -0.0654. The summed E-state index contributed by atoms with van der Waals surface area (Å²) in [6.45, 7) is 3.23. The lowest BCUT2D eigenvalue weighted by Crippen LogP contribution is -2.70. The van der Waals surface area contributed by atoms with Gasteiger partial charge in [0.2, 0.25) is 0 Å². The van der Waals surface area contributed by atoms with E-state index in [-0.39, 0.29) is 53.2 Å². The molecule has 0 saturated carbocycles. The second-order valence-electron chi connectivity index (χ2n) is 10.5. The second kappa shape index (κ2) is 10.7. The zero-order chi connectivity index (χ0) is 28.0. The number of rotatable bonds is 4. The van der Waals surface area contributed by atoms with E-state index < -0.39 is 11.8 Å². The quantitative estimate of drug-likeness (QED) is 0.426. The monoisotopic (exact) mass is 566 g/mol. The van der Waals surface area contributed by atoms with Gasteiger partial charge < -0.3 is 25.2 Å². The minimum atomic E-state index is -0.569. The molecule has 3 fully saturated rings. The van der Waals surface area contributed by atoms with E-state index in [2.05, 4.69) is 14.9 Å². The Morgan fingerprint density at radius 1 is 1.32 bits per heavy atom. The Morgan fingerprint density at radius 3 is 2.88 bits per heavy atom. The average Bonchev–Trinajstić information content (AvgIpc) is 3.04. The molecule has 6 rings (SSSR count). The summed E-state index contributed by atoms with van der Waals surface area (Å²) in [5.74, 6) is 0.129. The molecule has 0 aromatic heterocycles. The van der Waals surface area contributed by atoms with Gasteiger partial charge in [0.05, 0.1) is 48.4 Å². The smallest absolute Gasteiger partial charge is 0.345 e. The van der Waals surface area contributed by atoms with Crippen LogP contribution in [0.5, 0.6) is 11.5 Å². The molecule has 2 aromatic rings. The van der Waals surface area contributed by atoms with Crippen LogP contribution in [-0.4, -0.2) is 78.1 Å². The highest BCUT2D eigenvalue weighted by Gasteiger charge is 2.51. The molecule has 2 amide bonds. The van der Waals surface area contributed by atoms with E-state index in [1.165, 1.54) is 18.2 Å². The number of carbonyl (C=O) groups excluding carboxylic acids is 1. The number of hydrogen-bond acceptors (Lipinski definition) is 6. The maximum absolute atomic E-state index is 15.1. The van der Waals surface area contributed by atoms with Gasteiger partial charge in [0, 0.05) is 30.1 Å². The van der Waals surface area contributed by atoms with Crippen molar-refractivity contribution < 1.29 is 23.8 Å². The van der Waals surface area contributed by atoms with Crippen molar-refractivity contribution in [3.8, 4) is 28.7 Å². The molecular weight excluding hydrogens is 539 g/mol. The number of amidine groups is 1. The predicted molar refractivity (Wildman–Crippen MR) is 146 cm³/mol. The highest BCUT2D eigenvalue weighted by atomic mass is 35.5. The lowest BCUT2D eigenvalue weighted by Gasteiger charge is -2.56. The maximum Gasteiger partial charge on any atom is 0.345 e. The van der Waals surface area contributed by atoms with Crippen molar-refractivity contribution >= 4 is 29.8 Å². The molecule has 4 aliphatic heterocycles. The van der Waals surface area contributed by atoms with Crippen molar-refractivity contribution in [3.63, 3.8) is 0 Å². The number of carbonyl (C=O) groups is 1. The number of piperidine rings is 1. The van der Waals surface area contributed by atoms with Crippen LogP contribution in [0.15, 0.2) is 34.3 Å². The van der Waals surface area contributed by atoms with Crippen LogP contribution in [0, 0.1) is 23.1 Å². The minimum Gasteiger partial charge on any atom is -0.507 e. The number of halogens is 2. The zero-order valence-electron chi connectivity index (χ0n) is 21.6. The van der Waals surface area contributed by atoms with E-state index in [4.69, 9.17) is 32.1 Å². The molecule has 0 bridgehead atoms. The number of fused-ring (bicyclic) bond motifs is 4. The van der Waals surface area contributed by atoms with Crippen LogP contribution in [0.1, 0.15) is 29.9 Å². The Balaban J connectivity index is 1.30. The third kappa shape index (κ3) is 4.56. The number of aliphatic imine (C=N–C) groups is 2. The Kier molecular flexibility index (Phi) is 7.08. The Morgan fingerprint density at radius 2 is 2.15 bits per heavy atom. The van der Waals surface area contributed by atoms with E-state index in [1.807, 2.05) is 12.1 Å².